The SMILES string of the molecule is COc1nccc(N(C)C)c1NC(=O)C1(N)CCCCC1. The monoisotopic (exact) mass is 292 g/mol. The Hall–Kier alpha value is -1.82. The van der Waals surface area contributed by atoms with Crippen molar-refractivity contribution >= 4 is 17.3 Å². The Morgan fingerprint density at radius 1 is 1.38 bits per heavy atom. The number of hydrogen-bond donors (Lipinski definition) is 2. The van der Waals surface area contributed by atoms with Crippen LogP contribution in [0.15, 0.2) is 12.3 Å². The van der Waals surface area contributed by atoms with Crippen LogP contribution in [0.5, 0.6) is 5.88 Å². The minimum Gasteiger partial charge on any atom is -0.479 e. The highest BCUT2D eigenvalue weighted by atomic mass is 16.5. The standard InChI is InChI=1S/C15H24N4O2/c1-19(2)11-7-10-17-13(21-3)12(11)18-14(20)15(16)8-5-4-6-9-15/h7,10H,4-6,8-9,16H2,1-3H3,(H,18,20). The molecule has 1 aromatic heterocycles. The third-order valence-electron chi connectivity index (χ3n) is 4.01. The zero-order valence-corrected chi connectivity index (χ0v) is 13.0. The molecule has 1 saturated carbocycles. The van der Waals surface area contributed by atoms with Gasteiger partial charge in [-0.15, -0.1) is 0 Å². The molecule has 3 N–H and O–H groups in total. The van der Waals surface area contributed by atoms with Crippen LogP contribution in [0.2, 0.25) is 0 Å². The van der Waals surface area contributed by atoms with Gasteiger partial charge in [0.1, 0.15) is 5.69 Å². The second-order valence-corrected chi connectivity index (χ2v) is 5.78. The molecule has 0 saturated heterocycles. The van der Waals surface area contributed by atoms with E-state index in [4.69, 9.17) is 10.5 Å². The van der Waals surface area contributed by atoms with Gasteiger partial charge in [-0.05, 0) is 18.9 Å². The number of carbonyl (C=O) groups excluding carboxylic acids is 1. The van der Waals surface area contributed by atoms with Crippen LogP contribution in [0, 0.1) is 0 Å². The van der Waals surface area contributed by atoms with Gasteiger partial charge in [0.2, 0.25) is 11.8 Å². The van der Waals surface area contributed by atoms with E-state index >= 15 is 0 Å². The van der Waals surface area contributed by atoms with Crippen LogP contribution in [-0.2, 0) is 4.79 Å². The minimum atomic E-state index is -0.789. The maximum absolute atomic E-state index is 12.6. The number of nitrogens with one attached hydrogen (secondary N) is 1. The highest BCUT2D eigenvalue weighted by Crippen LogP contribution is 2.34. The van der Waals surface area contributed by atoms with Gasteiger partial charge in [-0.25, -0.2) is 4.98 Å². The molecule has 1 aliphatic rings. The molecule has 1 aliphatic carbocycles. The van der Waals surface area contributed by atoms with Crippen LogP contribution in [0.1, 0.15) is 32.1 Å². The summed E-state index contributed by atoms with van der Waals surface area (Å²) in [6.07, 6.45) is 6.23. The third kappa shape index (κ3) is 3.26. The van der Waals surface area contributed by atoms with Gasteiger partial charge in [0.15, 0.2) is 0 Å². The first kappa shape index (κ1) is 15.6. The summed E-state index contributed by atoms with van der Waals surface area (Å²) < 4.78 is 5.26. The number of pyridine rings is 1. The van der Waals surface area contributed by atoms with E-state index in [9.17, 15) is 4.79 Å². The van der Waals surface area contributed by atoms with E-state index in [0.29, 0.717) is 11.6 Å². The van der Waals surface area contributed by atoms with Gasteiger partial charge in [-0.1, -0.05) is 19.3 Å². The number of amides is 1. The van der Waals surface area contributed by atoms with Gasteiger partial charge in [0.05, 0.1) is 18.3 Å². The van der Waals surface area contributed by atoms with Crippen molar-refractivity contribution < 1.29 is 9.53 Å². The lowest BCUT2D eigenvalue weighted by Gasteiger charge is -2.32. The van der Waals surface area contributed by atoms with Crippen molar-refractivity contribution in [3.63, 3.8) is 0 Å². The molecule has 0 bridgehead atoms. The number of aromatic nitrogens is 1. The molecule has 1 amide bonds. The topological polar surface area (TPSA) is 80.5 Å². The largest absolute Gasteiger partial charge is 0.479 e. The van der Waals surface area contributed by atoms with Gasteiger partial charge < -0.3 is 20.7 Å². The average molecular weight is 292 g/mol. The predicted molar refractivity (Wildman–Crippen MR) is 83.7 cm³/mol. The van der Waals surface area contributed by atoms with Crippen molar-refractivity contribution in [1.29, 1.82) is 0 Å². The molecule has 0 atom stereocenters. The molecule has 1 heterocycles. The molecule has 0 aromatic carbocycles. The van der Waals surface area contributed by atoms with Gasteiger partial charge in [0.25, 0.3) is 0 Å². The number of methoxy groups -OCH3 is 1. The summed E-state index contributed by atoms with van der Waals surface area (Å²) in [5, 5.41) is 2.93. The van der Waals surface area contributed by atoms with Crippen molar-refractivity contribution in [2.24, 2.45) is 5.73 Å². The Kier molecular flexibility index (Phi) is 4.67. The van der Waals surface area contributed by atoms with Crippen molar-refractivity contribution in [2.75, 3.05) is 31.4 Å². The summed E-state index contributed by atoms with van der Waals surface area (Å²) in [7, 11) is 5.35. The van der Waals surface area contributed by atoms with Gasteiger partial charge in [-0.2, -0.15) is 0 Å². The number of anilines is 2. The summed E-state index contributed by atoms with van der Waals surface area (Å²) in [5.74, 6) is 0.241. The van der Waals surface area contributed by atoms with Crippen molar-refractivity contribution in [3.8, 4) is 5.88 Å². The number of rotatable bonds is 4. The number of nitrogens with zero attached hydrogens (tertiary/aromatic N) is 2. The van der Waals surface area contributed by atoms with E-state index in [0.717, 1.165) is 37.8 Å². The lowest BCUT2D eigenvalue weighted by molar-refractivity contribution is -0.122. The molecule has 1 aromatic rings. The van der Waals surface area contributed by atoms with E-state index in [1.807, 2.05) is 25.1 Å². The normalized spacial score (nSPS) is 17.1. The highest BCUT2D eigenvalue weighted by Gasteiger charge is 2.36. The first-order chi connectivity index (χ1) is 9.98. The van der Waals surface area contributed by atoms with Gasteiger partial charge >= 0.3 is 0 Å². The van der Waals surface area contributed by atoms with Crippen LogP contribution in [-0.4, -0.2) is 37.6 Å². The lowest BCUT2D eigenvalue weighted by atomic mass is 9.82. The summed E-state index contributed by atoms with van der Waals surface area (Å²) in [4.78, 5) is 18.7. The summed E-state index contributed by atoms with van der Waals surface area (Å²) in [5.41, 5.74) is 6.91. The smallest absolute Gasteiger partial charge is 0.244 e. The zero-order chi connectivity index (χ0) is 15.5. The first-order valence-corrected chi connectivity index (χ1v) is 7.28. The molecule has 6 nitrogen and oxygen atoms in total. The Morgan fingerprint density at radius 2 is 2.05 bits per heavy atom. The summed E-state index contributed by atoms with van der Waals surface area (Å²) in [6, 6.07) is 1.84. The number of carbonyl (C=O) groups is 1. The number of hydrogen-bond acceptors (Lipinski definition) is 5. The molecule has 116 valence electrons. The van der Waals surface area contributed by atoms with Crippen molar-refractivity contribution in [2.45, 2.75) is 37.6 Å². The Bertz CT molecular complexity index is 510. The van der Waals surface area contributed by atoms with E-state index in [1.54, 1.807) is 6.20 Å². The summed E-state index contributed by atoms with van der Waals surface area (Å²) in [6.45, 7) is 0. The van der Waals surface area contributed by atoms with Crippen LogP contribution in [0.4, 0.5) is 11.4 Å². The fourth-order valence-electron chi connectivity index (χ4n) is 2.73. The fourth-order valence-corrected chi connectivity index (χ4v) is 2.73. The maximum atomic E-state index is 12.6. The molecule has 6 heteroatoms. The summed E-state index contributed by atoms with van der Waals surface area (Å²) >= 11 is 0. The van der Waals surface area contributed by atoms with Gasteiger partial charge in [-0.3, -0.25) is 4.79 Å². The second-order valence-electron chi connectivity index (χ2n) is 5.78. The molecule has 0 radical (unpaired) electrons. The molecule has 0 aliphatic heterocycles. The molecule has 0 spiro atoms. The van der Waals surface area contributed by atoms with Crippen LogP contribution in [0.3, 0.4) is 0 Å². The zero-order valence-electron chi connectivity index (χ0n) is 13.0. The van der Waals surface area contributed by atoms with Crippen LogP contribution in [0.25, 0.3) is 0 Å². The number of ether oxygens (including phenoxy) is 1. The first-order valence-electron chi connectivity index (χ1n) is 7.28. The van der Waals surface area contributed by atoms with Gasteiger partial charge in [0, 0.05) is 20.3 Å². The van der Waals surface area contributed by atoms with Crippen LogP contribution >= 0.6 is 0 Å². The molecule has 21 heavy (non-hydrogen) atoms. The Labute approximate surface area is 125 Å². The molecule has 1 fully saturated rings. The Balaban J connectivity index is 2.27. The number of nitrogens with two attached hydrogens (primary N) is 1. The lowest BCUT2D eigenvalue weighted by Crippen LogP contribution is -2.52. The molecular weight excluding hydrogens is 268 g/mol. The maximum Gasteiger partial charge on any atom is 0.244 e. The fraction of sp³-hybridized carbons (Fsp3) is 0.600. The third-order valence-corrected chi connectivity index (χ3v) is 4.01. The van der Waals surface area contributed by atoms with Crippen LogP contribution < -0.4 is 20.7 Å². The van der Waals surface area contributed by atoms with Crippen molar-refractivity contribution in [3.05, 3.63) is 12.3 Å². The average Bonchev–Trinajstić information content (AvgIpc) is 2.47. The molecule has 2 rings (SSSR count). The van der Waals surface area contributed by atoms with E-state index in [-0.39, 0.29) is 5.91 Å². The van der Waals surface area contributed by atoms with E-state index < -0.39 is 5.54 Å². The molecule has 0 unspecified atom stereocenters. The van der Waals surface area contributed by atoms with Crippen molar-refractivity contribution in [1.82, 2.24) is 4.98 Å². The minimum absolute atomic E-state index is 0.156. The predicted octanol–water partition coefficient (Wildman–Crippen LogP) is 1.76. The Morgan fingerprint density at radius 3 is 2.62 bits per heavy atom. The van der Waals surface area contributed by atoms with E-state index in [1.165, 1.54) is 7.11 Å². The molecular formula is C15H24N4O2. The van der Waals surface area contributed by atoms with E-state index in [2.05, 4.69) is 10.3 Å². The second kappa shape index (κ2) is 6.30. The highest BCUT2D eigenvalue weighted by molar-refractivity contribution is 6.01. The quantitative estimate of drug-likeness (QED) is 0.884.